The molecule has 2 N–H and O–H groups in total. The van der Waals surface area contributed by atoms with Crippen LogP contribution in [0.5, 0.6) is 0 Å². The lowest BCUT2D eigenvalue weighted by atomic mass is 10.5. The van der Waals surface area contributed by atoms with Gasteiger partial charge in [0.1, 0.15) is 19.0 Å². The number of rotatable bonds is 1. The number of hydrogen-bond donors (Lipinski definition) is 1. The van der Waals surface area contributed by atoms with Crippen molar-refractivity contribution in [2.75, 3.05) is 6.67 Å². The van der Waals surface area contributed by atoms with Crippen LogP contribution in [0, 0.1) is 0 Å². The van der Waals surface area contributed by atoms with Crippen LogP contribution in [0.15, 0.2) is 0 Å². The molecule has 6 heavy (non-hydrogen) atoms. The molecule has 0 spiro atoms. The fourth-order valence-corrected chi connectivity index (χ4v) is 0.281. The third-order valence-corrected chi connectivity index (χ3v) is 0.774. The molecule has 0 aromatic heterocycles. The summed E-state index contributed by atoms with van der Waals surface area (Å²) in [6.45, 7) is -0.443. The molecule has 1 heterocycles. The fraction of sp³-hybridized carbons (Fsp3) is 1.00. The molecule has 2 atom stereocenters. The van der Waals surface area contributed by atoms with Crippen molar-refractivity contribution in [1.82, 2.24) is 0 Å². The van der Waals surface area contributed by atoms with E-state index in [1.165, 1.54) is 0 Å². The standard InChI is InChI=1S/C3H6FNO/c4-1-2-3(5)6-2/h2-3H,1,5H2. The number of hydrogen-bond acceptors (Lipinski definition) is 2. The summed E-state index contributed by atoms with van der Waals surface area (Å²) in [6, 6.07) is 0. The highest BCUT2D eigenvalue weighted by Gasteiger charge is 2.34. The van der Waals surface area contributed by atoms with Crippen LogP contribution in [0.25, 0.3) is 0 Å². The Morgan fingerprint density at radius 3 is 2.33 bits per heavy atom. The summed E-state index contributed by atoms with van der Waals surface area (Å²) in [6.07, 6.45) is -0.597. The second-order valence-corrected chi connectivity index (χ2v) is 1.29. The molecule has 2 nitrogen and oxygen atoms in total. The van der Waals surface area contributed by atoms with Gasteiger partial charge in [-0.3, -0.25) is 0 Å². The molecule has 36 valence electrons. The number of nitrogens with two attached hydrogens (primary N) is 1. The van der Waals surface area contributed by atoms with E-state index in [-0.39, 0.29) is 12.3 Å². The normalized spacial score (nSPS) is 43.0. The molecule has 0 radical (unpaired) electrons. The molecule has 3 heteroatoms. The average molecular weight is 91.1 g/mol. The van der Waals surface area contributed by atoms with Gasteiger partial charge in [-0.05, 0) is 0 Å². The van der Waals surface area contributed by atoms with Gasteiger partial charge in [0.2, 0.25) is 0 Å². The Hall–Kier alpha value is -0.150. The van der Waals surface area contributed by atoms with E-state index >= 15 is 0 Å². The number of ether oxygens (including phenoxy) is 1. The maximum atomic E-state index is 11.2. The van der Waals surface area contributed by atoms with E-state index in [0.717, 1.165) is 0 Å². The SMILES string of the molecule is NC1OC1CF. The van der Waals surface area contributed by atoms with Crippen molar-refractivity contribution >= 4 is 0 Å². The molecule has 1 saturated heterocycles. The zero-order valence-electron chi connectivity index (χ0n) is 3.23. The van der Waals surface area contributed by atoms with Gasteiger partial charge in [0, 0.05) is 0 Å². The molecule has 1 rings (SSSR count). The third-order valence-electron chi connectivity index (χ3n) is 0.774. The summed E-state index contributed by atoms with van der Waals surface area (Å²) in [5.41, 5.74) is 5.01. The van der Waals surface area contributed by atoms with Crippen molar-refractivity contribution in [3.05, 3.63) is 0 Å². The van der Waals surface area contributed by atoms with Crippen LogP contribution in [0.2, 0.25) is 0 Å². The quantitative estimate of drug-likeness (QED) is 0.447. The highest BCUT2D eigenvalue weighted by atomic mass is 19.1. The minimum Gasteiger partial charge on any atom is -0.351 e. The van der Waals surface area contributed by atoms with Gasteiger partial charge in [-0.1, -0.05) is 0 Å². The number of halogens is 1. The van der Waals surface area contributed by atoms with Crippen LogP contribution in [0.4, 0.5) is 4.39 Å². The van der Waals surface area contributed by atoms with E-state index < -0.39 is 6.67 Å². The molecule has 0 aliphatic carbocycles. The molecular formula is C3H6FNO. The van der Waals surface area contributed by atoms with Gasteiger partial charge in [-0.25, -0.2) is 4.39 Å². The first kappa shape index (κ1) is 4.02. The van der Waals surface area contributed by atoms with Crippen molar-refractivity contribution in [1.29, 1.82) is 0 Å². The highest BCUT2D eigenvalue weighted by Crippen LogP contribution is 2.15. The second-order valence-electron chi connectivity index (χ2n) is 1.29. The van der Waals surface area contributed by atoms with Crippen LogP contribution in [0.1, 0.15) is 0 Å². The smallest absolute Gasteiger partial charge is 0.135 e. The van der Waals surface area contributed by atoms with Gasteiger partial charge < -0.3 is 10.5 Å². The summed E-state index contributed by atoms with van der Waals surface area (Å²) >= 11 is 0. The molecule has 2 unspecified atom stereocenters. The summed E-state index contributed by atoms with van der Waals surface area (Å²) < 4.78 is 15.7. The van der Waals surface area contributed by atoms with Crippen LogP contribution in [-0.2, 0) is 4.74 Å². The summed E-state index contributed by atoms with van der Waals surface area (Å²) in [5.74, 6) is 0. The molecule has 0 bridgehead atoms. The molecule has 0 aromatic rings. The Bertz CT molecular complexity index is 56.8. The van der Waals surface area contributed by atoms with Gasteiger partial charge in [0.05, 0.1) is 0 Å². The molecule has 0 amide bonds. The molecule has 1 fully saturated rings. The minimum absolute atomic E-state index is 0.287. The largest absolute Gasteiger partial charge is 0.351 e. The van der Waals surface area contributed by atoms with E-state index in [9.17, 15) is 4.39 Å². The van der Waals surface area contributed by atoms with Crippen molar-refractivity contribution < 1.29 is 9.13 Å². The van der Waals surface area contributed by atoms with Gasteiger partial charge in [0.15, 0.2) is 0 Å². The lowest BCUT2D eigenvalue weighted by molar-refractivity contribution is 0.331. The average Bonchev–Trinajstić information content (AvgIpc) is 2.19. The Morgan fingerprint density at radius 1 is 1.83 bits per heavy atom. The molecule has 1 aliphatic heterocycles. The zero-order valence-corrected chi connectivity index (χ0v) is 3.23. The predicted molar refractivity (Wildman–Crippen MR) is 18.8 cm³/mol. The molecular weight excluding hydrogens is 85.0 g/mol. The van der Waals surface area contributed by atoms with Gasteiger partial charge in [-0.15, -0.1) is 0 Å². The fourth-order valence-electron chi connectivity index (χ4n) is 0.281. The van der Waals surface area contributed by atoms with Crippen molar-refractivity contribution in [2.24, 2.45) is 5.73 Å². The van der Waals surface area contributed by atoms with E-state index in [4.69, 9.17) is 5.73 Å². The molecule has 0 aromatic carbocycles. The zero-order chi connectivity index (χ0) is 4.57. The summed E-state index contributed by atoms with van der Waals surface area (Å²) in [5, 5.41) is 0. The van der Waals surface area contributed by atoms with Crippen molar-refractivity contribution in [3.8, 4) is 0 Å². The second kappa shape index (κ2) is 1.17. The van der Waals surface area contributed by atoms with Crippen LogP contribution in [-0.4, -0.2) is 19.0 Å². The number of alkyl halides is 1. The van der Waals surface area contributed by atoms with Gasteiger partial charge >= 0.3 is 0 Å². The van der Waals surface area contributed by atoms with Crippen LogP contribution < -0.4 is 5.73 Å². The monoisotopic (exact) mass is 91.0 g/mol. The van der Waals surface area contributed by atoms with E-state index in [1.807, 2.05) is 0 Å². The lowest BCUT2D eigenvalue weighted by Crippen LogP contribution is -2.05. The maximum Gasteiger partial charge on any atom is 0.135 e. The van der Waals surface area contributed by atoms with E-state index in [2.05, 4.69) is 4.74 Å². The predicted octanol–water partition coefficient (Wildman–Crippen LogP) is -0.361. The highest BCUT2D eigenvalue weighted by molar-refractivity contribution is 4.77. The van der Waals surface area contributed by atoms with E-state index in [0.29, 0.717) is 0 Å². The minimum atomic E-state index is -0.443. The Balaban J connectivity index is 2.09. The molecule has 0 saturated carbocycles. The first-order chi connectivity index (χ1) is 2.84. The van der Waals surface area contributed by atoms with Gasteiger partial charge in [0.25, 0.3) is 0 Å². The van der Waals surface area contributed by atoms with Crippen molar-refractivity contribution in [3.63, 3.8) is 0 Å². The van der Waals surface area contributed by atoms with Crippen LogP contribution >= 0.6 is 0 Å². The third kappa shape index (κ3) is 0.507. The maximum absolute atomic E-state index is 11.2. The van der Waals surface area contributed by atoms with Gasteiger partial charge in [-0.2, -0.15) is 0 Å². The Labute approximate surface area is 35.1 Å². The Morgan fingerprint density at radius 2 is 2.33 bits per heavy atom. The van der Waals surface area contributed by atoms with E-state index in [1.54, 1.807) is 0 Å². The van der Waals surface area contributed by atoms with Crippen LogP contribution in [0.3, 0.4) is 0 Å². The van der Waals surface area contributed by atoms with Crippen molar-refractivity contribution in [2.45, 2.75) is 12.3 Å². The summed E-state index contributed by atoms with van der Waals surface area (Å²) in [4.78, 5) is 0. The topological polar surface area (TPSA) is 38.5 Å². The lowest BCUT2D eigenvalue weighted by Gasteiger charge is -1.69. The Kier molecular flexibility index (Phi) is 0.782. The number of epoxide rings is 1. The first-order valence-corrected chi connectivity index (χ1v) is 1.81. The summed E-state index contributed by atoms with van der Waals surface area (Å²) in [7, 11) is 0. The molecule has 1 aliphatic rings. The first-order valence-electron chi connectivity index (χ1n) is 1.81.